The van der Waals surface area contributed by atoms with Gasteiger partial charge in [-0.05, 0) is 96.4 Å². The number of hydrogen-bond donors (Lipinski definition) is 0. The zero-order valence-corrected chi connectivity index (χ0v) is 33.1. The molecule has 60 heavy (non-hydrogen) atoms. The lowest BCUT2D eigenvalue weighted by atomic mass is 9.82. The van der Waals surface area contributed by atoms with Crippen LogP contribution in [0.15, 0.2) is 192 Å². The van der Waals surface area contributed by atoms with Gasteiger partial charge < -0.3 is 4.42 Å². The summed E-state index contributed by atoms with van der Waals surface area (Å²) in [5.41, 5.74) is 14.2. The summed E-state index contributed by atoms with van der Waals surface area (Å²) in [6.45, 7) is 4.60. The van der Waals surface area contributed by atoms with Gasteiger partial charge in [-0.25, -0.2) is 15.0 Å². The lowest BCUT2D eigenvalue weighted by Gasteiger charge is -2.21. The predicted octanol–water partition coefficient (Wildman–Crippen LogP) is 14.7. The second-order valence-electron chi connectivity index (χ2n) is 16.4. The largest absolute Gasteiger partial charge is 0.456 e. The van der Waals surface area contributed by atoms with E-state index in [4.69, 9.17) is 19.4 Å². The molecule has 4 heteroatoms. The molecule has 0 atom stereocenters. The van der Waals surface area contributed by atoms with Crippen LogP contribution in [0.25, 0.3) is 111 Å². The lowest BCUT2D eigenvalue weighted by Crippen LogP contribution is -2.15. The van der Waals surface area contributed by atoms with Gasteiger partial charge in [0.25, 0.3) is 0 Å². The van der Waals surface area contributed by atoms with Crippen LogP contribution in [0.1, 0.15) is 25.0 Å². The Bertz CT molecular complexity index is 3510. The highest BCUT2D eigenvalue weighted by molar-refractivity contribution is 6.14. The van der Waals surface area contributed by atoms with Crippen molar-refractivity contribution in [2.75, 3.05) is 0 Å². The zero-order valence-electron chi connectivity index (χ0n) is 33.1. The van der Waals surface area contributed by atoms with Gasteiger partial charge in [0.05, 0.1) is 0 Å². The van der Waals surface area contributed by atoms with Gasteiger partial charge in [-0.3, -0.25) is 0 Å². The van der Waals surface area contributed by atoms with Crippen molar-refractivity contribution in [1.82, 2.24) is 15.0 Å². The molecule has 0 spiro atoms. The number of furan rings is 1. The second-order valence-corrected chi connectivity index (χ2v) is 16.4. The molecule has 0 aliphatic heterocycles. The summed E-state index contributed by atoms with van der Waals surface area (Å²) < 4.78 is 6.46. The molecular formula is C56H37N3O. The molecule has 1 aliphatic carbocycles. The minimum atomic E-state index is -0.132. The molecule has 282 valence electrons. The molecule has 2 heterocycles. The summed E-state index contributed by atoms with van der Waals surface area (Å²) in [6, 6.07) is 66.8. The highest BCUT2D eigenvalue weighted by Crippen LogP contribution is 2.49. The Balaban J connectivity index is 0.935. The normalized spacial score (nSPS) is 13.0. The number of hydrogen-bond acceptors (Lipinski definition) is 4. The molecule has 1 aliphatic rings. The highest BCUT2D eigenvalue weighted by atomic mass is 16.3. The van der Waals surface area contributed by atoms with Crippen LogP contribution in [-0.4, -0.2) is 15.0 Å². The Morgan fingerprint density at radius 2 is 0.950 bits per heavy atom. The predicted molar refractivity (Wildman–Crippen MR) is 247 cm³/mol. The molecule has 2 aromatic heterocycles. The standard InChI is InChI=1S/C56H37N3O/c1-56(2)48-17-9-8-15-45(48)46-29-26-41(33-49(46)56)55-58-53(36-12-4-3-5-13-36)57-54(59-55)37-22-19-35(20-23-37)44-16-10-18-51-52(44)47-32-39(27-30-50(47)60-51)38-25-28-43-40(31-38)24-21-34-11-6-7-14-42(34)43/h3-33H,1-2H3. The quantitative estimate of drug-likeness (QED) is 0.164. The summed E-state index contributed by atoms with van der Waals surface area (Å²) in [6.07, 6.45) is 0. The third-order valence-electron chi connectivity index (χ3n) is 12.5. The minimum Gasteiger partial charge on any atom is -0.456 e. The molecule has 0 unspecified atom stereocenters. The smallest absolute Gasteiger partial charge is 0.164 e. The Kier molecular flexibility index (Phi) is 7.54. The summed E-state index contributed by atoms with van der Waals surface area (Å²) in [5, 5.41) is 7.22. The van der Waals surface area contributed by atoms with E-state index in [1.54, 1.807) is 0 Å². The molecule has 4 nitrogen and oxygen atoms in total. The van der Waals surface area contributed by atoms with Crippen molar-refractivity contribution in [2.45, 2.75) is 19.3 Å². The van der Waals surface area contributed by atoms with Crippen LogP contribution >= 0.6 is 0 Å². The maximum Gasteiger partial charge on any atom is 0.164 e. The Morgan fingerprint density at radius 3 is 1.80 bits per heavy atom. The summed E-state index contributed by atoms with van der Waals surface area (Å²) in [4.78, 5) is 15.3. The Hall–Kier alpha value is -7.69. The van der Waals surface area contributed by atoms with Gasteiger partial charge in [0.2, 0.25) is 0 Å². The molecule has 0 saturated heterocycles. The molecule has 0 N–H and O–H groups in total. The summed E-state index contributed by atoms with van der Waals surface area (Å²) in [7, 11) is 0. The van der Waals surface area contributed by atoms with Crippen molar-refractivity contribution in [1.29, 1.82) is 0 Å². The molecular weight excluding hydrogens is 731 g/mol. The number of rotatable bonds is 5. The summed E-state index contributed by atoms with van der Waals surface area (Å²) in [5.74, 6) is 1.93. The highest BCUT2D eigenvalue weighted by Gasteiger charge is 2.35. The monoisotopic (exact) mass is 767 g/mol. The molecule has 12 rings (SSSR count). The first kappa shape index (κ1) is 34.4. The molecule has 0 saturated carbocycles. The lowest BCUT2D eigenvalue weighted by molar-refractivity contribution is 0.660. The maximum atomic E-state index is 6.46. The van der Waals surface area contributed by atoms with E-state index in [1.165, 1.54) is 49.4 Å². The zero-order chi connectivity index (χ0) is 40.0. The van der Waals surface area contributed by atoms with Crippen molar-refractivity contribution >= 4 is 43.5 Å². The fourth-order valence-electron chi connectivity index (χ4n) is 9.43. The van der Waals surface area contributed by atoms with E-state index in [0.29, 0.717) is 17.5 Å². The van der Waals surface area contributed by atoms with Crippen molar-refractivity contribution < 1.29 is 4.42 Å². The Morgan fingerprint density at radius 1 is 0.350 bits per heavy atom. The fraction of sp³-hybridized carbons (Fsp3) is 0.0536. The number of aromatic nitrogens is 3. The van der Waals surface area contributed by atoms with Crippen LogP contribution in [-0.2, 0) is 5.41 Å². The topological polar surface area (TPSA) is 51.8 Å². The van der Waals surface area contributed by atoms with Crippen molar-refractivity contribution in [3.05, 3.63) is 199 Å². The van der Waals surface area contributed by atoms with Crippen LogP contribution in [0.4, 0.5) is 0 Å². The minimum absolute atomic E-state index is 0.132. The van der Waals surface area contributed by atoms with E-state index < -0.39 is 0 Å². The number of fused-ring (bicyclic) bond motifs is 9. The first-order valence-electron chi connectivity index (χ1n) is 20.5. The van der Waals surface area contributed by atoms with E-state index in [-0.39, 0.29) is 5.41 Å². The van der Waals surface area contributed by atoms with Crippen LogP contribution in [0, 0.1) is 0 Å². The fourth-order valence-corrected chi connectivity index (χ4v) is 9.43. The second kappa shape index (κ2) is 13.2. The first-order chi connectivity index (χ1) is 29.5. The van der Waals surface area contributed by atoms with Crippen LogP contribution < -0.4 is 0 Å². The van der Waals surface area contributed by atoms with Crippen molar-refractivity contribution in [3.63, 3.8) is 0 Å². The molecule has 9 aromatic carbocycles. The first-order valence-corrected chi connectivity index (χ1v) is 20.5. The van der Waals surface area contributed by atoms with Crippen LogP contribution in [0.5, 0.6) is 0 Å². The van der Waals surface area contributed by atoms with Gasteiger partial charge in [-0.15, -0.1) is 0 Å². The SMILES string of the molecule is CC1(C)c2ccccc2-c2ccc(-c3nc(-c4ccccc4)nc(-c4ccc(-c5cccc6oc7ccc(-c8ccc9c(ccc%10ccccc%109)c8)cc7c56)cc4)n3)cc21. The van der Waals surface area contributed by atoms with E-state index in [2.05, 4.69) is 184 Å². The van der Waals surface area contributed by atoms with Gasteiger partial charge in [0.15, 0.2) is 17.5 Å². The van der Waals surface area contributed by atoms with E-state index in [0.717, 1.165) is 55.3 Å². The molecule has 0 fully saturated rings. The van der Waals surface area contributed by atoms with Gasteiger partial charge >= 0.3 is 0 Å². The van der Waals surface area contributed by atoms with Gasteiger partial charge in [-0.1, -0.05) is 172 Å². The molecule has 0 radical (unpaired) electrons. The van der Waals surface area contributed by atoms with Crippen molar-refractivity contribution in [3.8, 4) is 67.5 Å². The number of benzene rings is 9. The number of nitrogens with zero attached hydrogens (tertiary/aromatic N) is 3. The maximum absolute atomic E-state index is 6.46. The van der Waals surface area contributed by atoms with E-state index in [1.807, 2.05) is 18.2 Å². The van der Waals surface area contributed by atoms with Crippen LogP contribution in [0.2, 0.25) is 0 Å². The molecule has 0 amide bonds. The molecule has 11 aromatic rings. The Labute approximate surface area is 347 Å². The van der Waals surface area contributed by atoms with E-state index >= 15 is 0 Å². The summed E-state index contributed by atoms with van der Waals surface area (Å²) >= 11 is 0. The average Bonchev–Trinajstić information content (AvgIpc) is 3.80. The van der Waals surface area contributed by atoms with Crippen molar-refractivity contribution in [2.24, 2.45) is 0 Å². The third-order valence-corrected chi connectivity index (χ3v) is 12.5. The van der Waals surface area contributed by atoms with Crippen LogP contribution in [0.3, 0.4) is 0 Å². The molecule has 0 bridgehead atoms. The average molecular weight is 768 g/mol. The van der Waals surface area contributed by atoms with E-state index in [9.17, 15) is 0 Å². The van der Waals surface area contributed by atoms with Gasteiger partial charge in [0, 0.05) is 32.9 Å². The van der Waals surface area contributed by atoms with Gasteiger partial charge in [0.1, 0.15) is 11.2 Å². The van der Waals surface area contributed by atoms with Gasteiger partial charge in [-0.2, -0.15) is 0 Å². The third kappa shape index (κ3) is 5.41.